The van der Waals surface area contributed by atoms with Crippen LogP contribution in [0.2, 0.25) is 0 Å². The Morgan fingerprint density at radius 2 is 1.95 bits per heavy atom. The molecule has 0 aromatic heterocycles. The number of Topliss-reactive ketones (excluding diaryl/α,β-unsaturated/α-hetero) is 1. The van der Waals surface area contributed by atoms with E-state index in [1.165, 1.54) is 6.42 Å². The van der Waals surface area contributed by atoms with Crippen LogP contribution in [0, 0.1) is 29.1 Å². The van der Waals surface area contributed by atoms with Crippen LogP contribution in [-0.2, 0) is 19.1 Å². The van der Waals surface area contributed by atoms with Crippen molar-refractivity contribution in [3.63, 3.8) is 0 Å². The lowest BCUT2D eigenvalue weighted by atomic mass is 9.49. The van der Waals surface area contributed by atoms with Gasteiger partial charge < -0.3 is 9.47 Å². The third kappa shape index (κ3) is 2.75. The Morgan fingerprint density at radius 1 is 1.29 bits per heavy atom. The first-order chi connectivity index (χ1) is 10.0. The third-order valence-corrected chi connectivity index (χ3v) is 5.83. The summed E-state index contributed by atoms with van der Waals surface area (Å²) in [6.45, 7) is 4.23. The van der Waals surface area contributed by atoms with Gasteiger partial charge in [-0.05, 0) is 50.4 Å². The highest BCUT2D eigenvalue weighted by atomic mass is 16.7. The fourth-order valence-electron chi connectivity index (χ4n) is 4.77. The molecule has 4 heteroatoms. The summed E-state index contributed by atoms with van der Waals surface area (Å²) in [5.41, 5.74) is -0.266. The lowest BCUT2D eigenvalue weighted by Gasteiger charge is -2.55. The number of esters is 1. The topological polar surface area (TPSA) is 52.6 Å². The predicted molar refractivity (Wildman–Crippen MR) is 77.4 cm³/mol. The van der Waals surface area contributed by atoms with E-state index in [1.807, 2.05) is 13.8 Å². The normalized spacial score (nSPS) is 38.6. The van der Waals surface area contributed by atoms with E-state index in [4.69, 9.17) is 9.47 Å². The lowest BCUT2D eigenvalue weighted by molar-refractivity contribution is -0.175. The summed E-state index contributed by atoms with van der Waals surface area (Å²) in [5, 5.41) is 0. The summed E-state index contributed by atoms with van der Waals surface area (Å²) in [4.78, 5) is 24.2. The highest BCUT2D eigenvalue weighted by Crippen LogP contribution is 2.58. The number of ether oxygens (including phenoxy) is 2. The largest absolute Gasteiger partial charge is 0.438 e. The summed E-state index contributed by atoms with van der Waals surface area (Å²) < 4.78 is 10.7. The van der Waals surface area contributed by atoms with Crippen molar-refractivity contribution in [3.8, 4) is 0 Å². The van der Waals surface area contributed by atoms with Crippen LogP contribution >= 0.6 is 0 Å². The molecule has 0 saturated heterocycles. The molecule has 4 saturated carbocycles. The molecule has 0 amide bonds. The molecule has 4 nitrogen and oxygen atoms in total. The van der Waals surface area contributed by atoms with Crippen LogP contribution in [0.3, 0.4) is 0 Å². The molecular weight excluding hydrogens is 268 g/mol. The van der Waals surface area contributed by atoms with Crippen molar-refractivity contribution in [2.24, 2.45) is 29.1 Å². The van der Waals surface area contributed by atoms with E-state index in [9.17, 15) is 9.59 Å². The van der Waals surface area contributed by atoms with E-state index in [-0.39, 0.29) is 30.0 Å². The first-order valence-corrected chi connectivity index (χ1v) is 8.33. The Balaban J connectivity index is 1.51. The van der Waals surface area contributed by atoms with Crippen LogP contribution < -0.4 is 0 Å². The maximum Gasteiger partial charge on any atom is 0.310 e. The Labute approximate surface area is 126 Å². The number of hydrogen-bond acceptors (Lipinski definition) is 4. The van der Waals surface area contributed by atoms with Crippen molar-refractivity contribution in [2.45, 2.75) is 52.4 Å². The van der Waals surface area contributed by atoms with Crippen LogP contribution in [-0.4, -0.2) is 25.2 Å². The Morgan fingerprint density at radius 3 is 2.57 bits per heavy atom. The molecule has 3 unspecified atom stereocenters. The van der Waals surface area contributed by atoms with Gasteiger partial charge in [0.15, 0.2) is 6.79 Å². The number of carbonyl (C=O) groups is 2. The first-order valence-electron chi connectivity index (χ1n) is 8.33. The van der Waals surface area contributed by atoms with Crippen molar-refractivity contribution in [1.82, 2.24) is 0 Å². The zero-order chi connectivity index (χ0) is 15.0. The second-order valence-corrected chi connectivity index (χ2v) is 7.43. The Hall–Kier alpha value is -0.900. The minimum Gasteiger partial charge on any atom is -0.438 e. The Bertz CT molecular complexity index is 417. The molecule has 0 N–H and O–H groups in total. The van der Waals surface area contributed by atoms with Crippen molar-refractivity contribution in [3.05, 3.63) is 0 Å². The van der Waals surface area contributed by atoms with E-state index < -0.39 is 0 Å². The first kappa shape index (κ1) is 15.0. The number of carbonyl (C=O) groups excluding carboxylic acids is 2. The molecule has 118 valence electrons. The molecule has 4 aliphatic carbocycles. The highest BCUT2D eigenvalue weighted by molar-refractivity contribution is 5.89. The average molecular weight is 294 g/mol. The van der Waals surface area contributed by atoms with Gasteiger partial charge in [-0.15, -0.1) is 0 Å². The van der Waals surface area contributed by atoms with Gasteiger partial charge in [-0.25, -0.2) is 0 Å². The second kappa shape index (κ2) is 5.71. The minimum absolute atomic E-state index is 0.0157. The molecule has 0 aromatic rings. The lowest BCUT2D eigenvalue weighted by Crippen LogP contribution is -2.55. The fraction of sp³-hybridized carbons (Fsp3) is 0.882. The van der Waals surface area contributed by atoms with Crippen molar-refractivity contribution < 1.29 is 19.1 Å². The van der Waals surface area contributed by atoms with Crippen molar-refractivity contribution in [1.29, 1.82) is 0 Å². The maximum atomic E-state index is 12.6. The van der Waals surface area contributed by atoms with Crippen LogP contribution in [0.25, 0.3) is 0 Å². The number of hydrogen-bond donors (Lipinski definition) is 0. The summed E-state index contributed by atoms with van der Waals surface area (Å²) in [6.07, 6.45) is 6.23. The van der Waals surface area contributed by atoms with E-state index in [2.05, 4.69) is 0 Å². The monoisotopic (exact) mass is 294 g/mol. The van der Waals surface area contributed by atoms with Gasteiger partial charge in [0, 0.05) is 5.92 Å². The zero-order valence-electron chi connectivity index (χ0n) is 13.1. The molecule has 0 spiro atoms. The van der Waals surface area contributed by atoms with Gasteiger partial charge in [-0.3, -0.25) is 9.59 Å². The average Bonchev–Trinajstić information content (AvgIpc) is 2.47. The highest BCUT2D eigenvalue weighted by Gasteiger charge is 2.56. The van der Waals surface area contributed by atoms with Crippen LogP contribution in [0.15, 0.2) is 0 Å². The molecule has 4 fully saturated rings. The minimum atomic E-state index is -0.266. The van der Waals surface area contributed by atoms with Gasteiger partial charge in [-0.2, -0.15) is 0 Å². The van der Waals surface area contributed by atoms with E-state index in [1.54, 1.807) is 0 Å². The standard InChI is InChI=1S/C17H26O4/c1-3-11(2)16(19)21-10-20-9-17-7-12-4-13(8-17)6-14(5-12)15(17)18/h11-14H,3-10H2,1-2H3. The van der Waals surface area contributed by atoms with Crippen LogP contribution in [0.4, 0.5) is 0 Å². The molecule has 4 bridgehead atoms. The van der Waals surface area contributed by atoms with Gasteiger partial charge in [-0.1, -0.05) is 13.8 Å². The summed E-state index contributed by atoms with van der Waals surface area (Å²) in [5.74, 6) is 1.83. The maximum absolute atomic E-state index is 12.6. The van der Waals surface area contributed by atoms with Crippen molar-refractivity contribution in [2.75, 3.05) is 13.4 Å². The molecule has 0 radical (unpaired) electrons. The van der Waals surface area contributed by atoms with E-state index >= 15 is 0 Å². The van der Waals surface area contributed by atoms with Crippen LogP contribution in [0.1, 0.15) is 52.4 Å². The predicted octanol–water partition coefficient (Wildman–Crippen LogP) is 2.95. The summed E-state index contributed by atoms with van der Waals surface area (Å²) in [7, 11) is 0. The molecule has 3 atom stereocenters. The fourth-order valence-corrected chi connectivity index (χ4v) is 4.77. The van der Waals surface area contributed by atoms with E-state index in [0.717, 1.165) is 32.1 Å². The van der Waals surface area contributed by atoms with Crippen molar-refractivity contribution >= 4 is 11.8 Å². The van der Waals surface area contributed by atoms with Gasteiger partial charge in [0.2, 0.25) is 0 Å². The van der Waals surface area contributed by atoms with Crippen LogP contribution in [0.5, 0.6) is 0 Å². The second-order valence-electron chi connectivity index (χ2n) is 7.43. The SMILES string of the molecule is CCC(C)C(=O)OCOCC12CC3CC(CC(C3)C1=O)C2. The number of ketones is 1. The van der Waals surface area contributed by atoms with Gasteiger partial charge in [0.1, 0.15) is 5.78 Å². The molecule has 0 aliphatic heterocycles. The molecule has 4 rings (SSSR count). The zero-order valence-corrected chi connectivity index (χ0v) is 13.1. The number of rotatable bonds is 6. The van der Waals surface area contributed by atoms with Gasteiger partial charge in [0.25, 0.3) is 0 Å². The van der Waals surface area contributed by atoms with E-state index in [0.29, 0.717) is 24.2 Å². The molecule has 4 aliphatic rings. The third-order valence-electron chi connectivity index (χ3n) is 5.83. The quantitative estimate of drug-likeness (QED) is 0.429. The molecule has 21 heavy (non-hydrogen) atoms. The summed E-state index contributed by atoms with van der Waals surface area (Å²) in [6, 6.07) is 0. The summed E-state index contributed by atoms with van der Waals surface area (Å²) >= 11 is 0. The molecular formula is C17H26O4. The molecule has 0 aromatic carbocycles. The smallest absolute Gasteiger partial charge is 0.310 e. The molecule has 0 heterocycles. The van der Waals surface area contributed by atoms with Gasteiger partial charge in [0.05, 0.1) is 17.9 Å². The van der Waals surface area contributed by atoms with Gasteiger partial charge >= 0.3 is 5.97 Å². The Kier molecular flexibility index (Phi) is 4.08.